The van der Waals surface area contributed by atoms with Gasteiger partial charge in [-0.25, -0.2) is 0 Å². The summed E-state index contributed by atoms with van der Waals surface area (Å²) in [6.45, 7) is 9.19. The molecular formula is C19H29N3O2. The summed E-state index contributed by atoms with van der Waals surface area (Å²) < 4.78 is 0. The smallest absolute Gasteiger partial charge is 0.266 e. The van der Waals surface area contributed by atoms with Crippen molar-refractivity contribution in [2.45, 2.75) is 58.5 Å². The second-order valence-corrected chi connectivity index (χ2v) is 7.03. The minimum atomic E-state index is -0.362. The molecule has 1 atom stereocenters. The van der Waals surface area contributed by atoms with E-state index in [-0.39, 0.29) is 11.9 Å². The largest absolute Gasteiger partial charge is 0.411 e. The van der Waals surface area contributed by atoms with Gasteiger partial charge in [0, 0.05) is 19.1 Å². The fourth-order valence-corrected chi connectivity index (χ4v) is 3.28. The molecule has 24 heavy (non-hydrogen) atoms. The number of carbonyl (C=O) groups is 1. The van der Waals surface area contributed by atoms with Crippen molar-refractivity contribution < 1.29 is 10.0 Å². The first-order valence-corrected chi connectivity index (χ1v) is 8.81. The lowest BCUT2D eigenvalue weighted by Crippen LogP contribution is -2.42. The van der Waals surface area contributed by atoms with Gasteiger partial charge in [0.15, 0.2) is 0 Å². The maximum Gasteiger partial charge on any atom is 0.266 e. The Morgan fingerprint density at radius 3 is 2.83 bits per heavy atom. The third-order valence-corrected chi connectivity index (χ3v) is 4.56. The van der Waals surface area contributed by atoms with Gasteiger partial charge in [-0.3, -0.25) is 9.69 Å². The average Bonchev–Trinajstić information content (AvgIpc) is 2.49. The molecule has 2 rings (SSSR count). The van der Waals surface area contributed by atoms with Crippen molar-refractivity contribution in [3.8, 4) is 0 Å². The lowest BCUT2D eigenvalue weighted by molar-refractivity contribution is -0.115. The molecule has 0 bridgehead atoms. The number of benzene rings is 1. The number of carbonyl (C=O) groups excluding carboxylic acids is 1. The van der Waals surface area contributed by atoms with E-state index in [0.717, 1.165) is 32.3 Å². The monoisotopic (exact) mass is 331 g/mol. The number of nitrogens with zero attached hydrogens (tertiary/aromatic N) is 2. The molecule has 1 heterocycles. The molecule has 0 fully saturated rings. The maximum atomic E-state index is 11.5. The second kappa shape index (κ2) is 8.83. The predicted molar refractivity (Wildman–Crippen MR) is 96.6 cm³/mol. The molecule has 0 saturated carbocycles. The Balaban J connectivity index is 2.04. The SMILES string of the molecule is CC(C)c1ccc2c(c1)CCCCN(C[C@H](C)NC(=O)/C=N\O)C2. The topological polar surface area (TPSA) is 64.9 Å². The number of amides is 1. The highest BCUT2D eigenvalue weighted by Crippen LogP contribution is 2.23. The van der Waals surface area contributed by atoms with E-state index in [2.05, 4.69) is 47.4 Å². The summed E-state index contributed by atoms with van der Waals surface area (Å²) in [6, 6.07) is 6.89. The van der Waals surface area contributed by atoms with E-state index in [1.807, 2.05) is 6.92 Å². The quantitative estimate of drug-likeness (QED) is 0.495. The summed E-state index contributed by atoms with van der Waals surface area (Å²) in [5.74, 6) is 0.194. The third-order valence-electron chi connectivity index (χ3n) is 4.56. The van der Waals surface area contributed by atoms with Crippen LogP contribution in [0.1, 0.15) is 56.2 Å². The number of hydrogen-bond donors (Lipinski definition) is 2. The molecular weight excluding hydrogens is 302 g/mol. The van der Waals surface area contributed by atoms with Gasteiger partial charge in [-0.05, 0) is 55.3 Å². The lowest BCUT2D eigenvalue weighted by atomic mass is 9.93. The van der Waals surface area contributed by atoms with Crippen LogP contribution in [0.2, 0.25) is 0 Å². The highest BCUT2D eigenvalue weighted by atomic mass is 16.4. The van der Waals surface area contributed by atoms with E-state index in [0.29, 0.717) is 5.92 Å². The Labute approximate surface area is 144 Å². The molecule has 5 nitrogen and oxygen atoms in total. The Bertz CT molecular complexity index is 584. The summed E-state index contributed by atoms with van der Waals surface area (Å²) in [7, 11) is 0. The summed E-state index contributed by atoms with van der Waals surface area (Å²) >= 11 is 0. The minimum Gasteiger partial charge on any atom is -0.411 e. The first-order valence-electron chi connectivity index (χ1n) is 8.81. The van der Waals surface area contributed by atoms with Crippen LogP contribution in [0.25, 0.3) is 0 Å². The molecule has 1 aliphatic heterocycles. The molecule has 1 aromatic carbocycles. The van der Waals surface area contributed by atoms with Crippen molar-refractivity contribution in [2.75, 3.05) is 13.1 Å². The molecule has 0 aromatic heterocycles. The molecule has 0 radical (unpaired) electrons. The molecule has 0 unspecified atom stereocenters. The van der Waals surface area contributed by atoms with E-state index >= 15 is 0 Å². The number of rotatable bonds is 5. The van der Waals surface area contributed by atoms with Crippen molar-refractivity contribution in [3.05, 3.63) is 34.9 Å². The number of oxime groups is 1. The minimum absolute atomic E-state index is 0.00770. The first-order chi connectivity index (χ1) is 11.5. The zero-order chi connectivity index (χ0) is 17.5. The first kappa shape index (κ1) is 18.5. The highest BCUT2D eigenvalue weighted by molar-refractivity contribution is 6.26. The van der Waals surface area contributed by atoms with Crippen LogP contribution in [0.3, 0.4) is 0 Å². The van der Waals surface area contributed by atoms with Gasteiger partial charge in [0.05, 0.1) is 0 Å². The Morgan fingerprint density at radius 2 is 2.12 bits per heavy atom. The number of hydrogen-bond acceptors (Lipinski definition) is 4. The van der Waals surface area contributed by atoms with Crippen LogP contribution in [0.4, 0.5) is 0 Å². The standard InChI is InChI=1S/C19H29N3O2/c1-14(2)16-7-8-18-13-22(9-5-4-6-17(18)10-16)12-15(3)21-19(23)11-20-24/h7-8,10-11,14-15,24H,4-6,9,12-13H2,1-3H3,(H,21,23)/b20-11-/t15-/m0/s1. The van der Waals surface area contributed by atoms with E-state index in [4.69, 9.17) is 5.21 Å². The lowest BCUT2D eigenvalue weighted by Gasteiger charge is -2.29. The van der Waals surface area contributed by atoms with Gasteiger partial charge in [-0.15, -0.1) is 0 Å². The maximum absolute atomic E-state index is 11.5. The van der Waals surface area contributed by atoms with Crippen molar-refractivity contribution >= 4 is 12.1 Å². The number of nitrogens with one attached hydrogen (secondary N) is 1. The normalized spacial score (nSPS) is 17.3. The molecule has 1 aliphatic rings. The van der Waals surface area contributed by atoms with Gasteiger partial charge >= 0.3 is 0 Å². The van der Waals surface area contributed by atoms with Gasteiger partial charge < -0.3 is 10.5 Å². The van der Waals surface area contributed by atoms with Crippen LogP contribution in [-0.2, 0) is 17.8 Å². The predicted octanol–water partition coefficient (Wildman–Crippen LogP) is 2.91. The highest BCUT2D eigenvalue weighted by Gasteiger charge is 2.17. The van der Waals surface area contributed by atoms with Crippen molar-refractivity contribution in [1.29, 1.82) is 0 Å². The fourth-order valence-electron chi connectivity index (χ4n) is 3.28. The molecule has 0 saturated heterocycles. The fraction of sp³-hybridized carbons (Fsp3) is 0.579. The van der Waals surface area contributed by atoms with E-state index in [9.17, 15) is 4.79 Å². The Morgan fingerprint density at radius 1 is 1.33 bits per heavy atom. The van der Waals surface area contributed by atoms with E-state index in [1.165, 1.54) is 29.5 Å². The molecule has 2 N–H and O–H groups in total. The van der Waals surface area contributed by atoms with E-state index in [1.54, 1.807) is 0 Å². The summed E-state index contributed by atoms with van der Waals surface area (Å²) in [5.41, 5.74) is 4.27. The van der Waals surface area contributed by atoms with E-state index < -0.39 is 0 Å². The van der Waals surface area contributed by atoms with Gasteiger partial charge in [0.25, 0.3) is 5.91 Å². The van der Waals surface area contributed by atoms with Crippen LogP contribution in [0, 0.1) is 0 Å². The summed E-state index contributed by atoms with van der Waals surface area (Å²) in [5, 5.41) is 14.0. The van der Waals surface area contributed by atoms with Crippen LogP contribution in [0.5, 0.6) is 0 Å². The summed E-state index contributed by atoms with van der Waals surface area (Å²) in [6.07, 6.45) is 4.42. The van der Waals surface area contributed by atoms with Crippen molar-refractivity contribution in [1.82, 2.24) is 10.2 Å². The van der Waals surface area contributed by atoms with Gasteiger partial charge in [-0.1, -0.05) is 37.2 Å². The number of aryl methyl sites for hydroxylation is 1. The molecule has 0 spiro atoms. The van der Waals surface area contributed by atoms with Gasteiger partial charge in [0.1, 0.15) is 6.21 Å². The van der Waals surface area contributed by atoms with Crippen LogP contribution < -0.4 is 5.32 Å². The second-order valence-electron chi connectivity index (χ2n) is 7.03. The van der Waals surface area contributed by atoms with Crippen LogP contribution in [0.15, 0.2) is 23.4 Å². The number of fused-ring (bicyclic) bond motifs is 1. The van der Waals surface area contributed by atoms with Crippen molar-refractivity contribution in [2.24, 2.45) is 5.16 Å². The average molecular weight is 331 g/mol. The third kappa shape index (κ3) is 5.34. The Kier molecular flexibility index (Phi) is 6.79. The molecule has 1 aromatic rings. The molecule has 0 aliphatic carbocycles. The Hall–Kier alpha value is -1.88. The summed E-state index contributed by atoms with van der Waals surface area (Å²) in [4.78, 5) is 13.9. The zero-order valence-electron chi connectivity index (χ0n) is 15.0. The van der Waals surface area contributed by atoms with Crippen LogP contribution in [-0.4, -0.2) is 41.4 Å². The molecule has 1 amide bonds. The zero-order valence-corrected chi connectivity index (χ0v) is 15.0. The van der Waals surface area contributed by atoms with Crippen molar-refractivity contribution in [3.63, 3.8) is 0 Å². The molecule has 5 heteroatoms. The molecule has 132 valence electrons. The van der Waals surface area contributed by atoms with Gasteiger partial charge in [0.2, 0.25) is 0 Å². The van der Waals surface area contributed by atoms with Crippen LogP contribution >= 0.6 is 0 Å². The van der Waals surface area contributed by atoms with Gasteiger partial charge in [-0.2, -0.15) is 0 Å².